The van der Waals surface area contributed by atoms with Crippen LogP contribution in [-0.4, -0.2) is 13.1 Å². The van der Waals surface area contributed by atoms with Crippen molar-refractivity contribution in [3.63, 3.8) is 0 Å². The second-order valence-corrected chi connectivity index (χ2v) is 4.88. The highest BCUT2D eigenvalue weighted by Gasteiger charge is 2.05. The summed E-state index contributed by atoms with van der Waals surface area (Å²) < 4.78 is 13.9. The molecule has 1 aromatic rings. The first-order valence-corrected chi connectivity index (χ1v) is 6.73. The predicted molar refractivity (Wildman–Crippen MR) is 74.7 cm³/mol. The molecule has 3 heteroatoms. The Hall–Kier alpha value is -0.670. The van der Waals surface area contributed by atoms with Crippen LogP contribution in [0.4, 0.5) is 4.39 Å². The van der Waals surface area contributed by atoms with Gasteiger partial charge in [0.25, 0.3) is 0 Å². The van der Waals surface area contributed by atoms with E-state index in [2.05, 4.69) is 41.2 Å². The maximum Gasteiger partial charge on any atom is 0.137 e. The summed E-state index contributed by atoms with van der Waals surface area (Å²) in [5.74, 6) is -0.192. The summed E-state index contributed by atoms with van der Waals surface area (Å²) in [5, 5.41) is 3.27. The maximum atomic E-state index is 13.3. The highest BCUT2D eigenvalue weighted by Crippen LogP contribution is 2.22. The molecule has 0 aliphatic rings. The number of halogens is 2. The second-order valence-electron chi connectivity index (χ2n) is 4.08. The number of nitrogens with one attached hydrogen (secondary N) is 1. The SMILES string of the molecule is CCNCC/C=C(/C)Cc1cccc(F)c1Br. The molecule has 0 radical (unpaired) electrons. The van der Waals surface area contributed by atoms with Crippen LogP contribution in [0.2, 0.25) is 0 Å². The van der Waals surface area contributed by atoms with Gasteiger partial charge in [-0.2, -0.15) is 0 Å². The van der Waals surface area contributed by atoms with E-state index in [-0.39, 0.29) is 5.82 Å². The number of rotatable bonds is 6. The minimum atomic E-state index is -0.192. The van der Waals surface area contributed by atoms with E-state index in [0.717, 1.165) is 31.5 Å². The number of hydrogen-bond acceptors (Lipinski definition) is 1. The third kappa shape index (κ3) is 5.00. The quantitative estimate of drug-likeness (QED) is 0.616. The highest BCUT2D eigenvalue weighted by atomic mass is 79.9. The van der Waals surface area contributed by atoms with Crippen LogP contribution >= 0.6 is 15.9 Å². The zero-order chi connectivity index (χ0) is 12.7. The minimum Gasteiger partial charge on any atom is -0.317 e. The van der Waals surface area contributed by atoms with Crippen molar-refractivity contribution in [3.8, 4) is 0 Å². The Morgan fingerprint density at radius 3 is 2.94 bits per heavy atom. The molecule has 1 nitrogen and oxygen atoms in total. The Labute approximate surface area is 111 Å². The standard InChI is InChI=1S/C14H19BrFN/c1-3-17-9-5-6-11(2)10-12-7-4-8-13(16)14(12)15/h4,6-8,17H,3,5,9-10H2,1-2H3/b11-6-. The normalized spacial score (nSPS) is 11.9. The summed E-state index contributed by atoms with van der Waals surface area (Å²) in [6, 6.07) is 5.17. The first-order valence-electron chi connectivity index (χ1n) is 5.94. The van der Waals surface area contributed by atoms with Crippen LogP contribution in [0.5, 0.6) is 0 Å². The van der Waals surface area contributed by atoms with Crippen LogP contribution in [-0.2, 0) is 6.42 Å². The fourth-order valence-corrected chi connectivity index (χ4v) is 2.06. The fourth-order valence-electron chi connectivity index (χ4n) is 1.65. The van der Waals surface area contributed by atoms with Gasteiger partial charge in [-0.05, 0) is 60.4 Å². The van der Waals surface area contributed by atoms with Gasteiger partial charge in [0.2, 0.25) is 0 Å². The van der Waals surface area contributed by atoms with Crippen LogP contribution in [0.25, 0.3) is 0 Å². The zero-order valence-corrected chi connectivity index (χ0v) is 12.0. The highest BCUT2D eigenvalue weighted by molar-refractivity contribution is 9.10. The molecule has 0 bridgehead atoms. The molecule has 0 atom stereocenters. The van der Waals surface area contributed by atoms with Crippen molar-refractivity contribution in [1.29, 1.82) is 0 Å². The largest absolute Gasteiger partial charge is 0.317 e. The van der Waals surface area contributed by atoms with Gasteiger partial charge in [0, 0.05) is 0 Å². The summed E-state index contributed by atoms with van der Waals surface area (Å²) in [5.41, 5.74) is 2.27. The molecule has 0 aliphatic heterocycles. The van der Waals surface area contributed by atoms with Crippen molar-refractivity contribution in [2.24, 2.45) is 0 Å². The van der Waals surface area contributed by atoms with Crippen molar-refractivity contribution in [2.45, 2.75) is 26.7 Å². The van der Waals surface area contributed by atoms with Gasteiger partial charge < -0.3 is 5.32 Å². The predicted octanol–water partition coefficient (Wildman–Crippen LogP) is 4.08. The Morgan fingerprint density at radius 2 is 2.24 bits per heavy atom. The van der Waals surface area contributed by atoms with E-state index in [9.17, 15) is 4.39 Å². The molecule has 0 amide bonds. The van der Waals surface area contributed by atoms with Gasteiger partial charge in [-0.15, -0.1) is 0 Å². The molecule has 17 heavy (non-hydrogen) atoms. The molecule has 0 saturated heterocycles. The van der Waals surface area contributed by atoms with Gasteiger partial charge in [0.05, 0.1) is 4.47 Å². The molecule has 0 saturated carbocycles. The molecule has 0 aliphatic carbocycles. The van der Waals surface area contributed by atoms with Crippen molar-refractivity contribution in [3.05, 3.63) is 45.7 Å². The zero-order valence-electron chi connectivity index (χ0n) is 10.4. The average Bonchev–Trinajstić information content (AvgIpc) is 2.31. The second kappa shape index (κ2) is 7.62. The Balaban J connectivity index is 2.55. The first kappa shape index (κ1) is 14.4. The van der Waals surface area contributed by atoms with E-state index < -0.39 is 0 Å². The van der Waals surface area contributed by atoms with Crippen molar-refractivity contribution in [2.75, 3.05) is 13.1 Å². The lowest BCUT2D eigenvalue weighted by Gasteiger charge is -2.06. The van der Waals surface area contributed by atoms with Gasteiger partial charge in [0.1, 0.15) is 5.82 Å². The van der Waals surface area contributed by atoms with Crippen LogP contribution in [0.15, 0.2) is 34.3 Å². The molecule has 94 valence electrons. The smallest absolute Gasteiger partial charge is 0.137 e. The third-order valence-electron chi connectivity index (χ3n) is 2.56. The van der Waals surface area contributed by atoms with Gasteiger partial charge in [0.15, 0.2) is 0 Å². The lowest BCUT2D eigenvalue weighted by atomic mass is 10.1. The molecular weight excluding hydrogens is 281 g/mol. The Kier molecular flexibility index (Phi) is 6.45. The molecular formula is C14H19BrFN. The molecule has 0 aromatic heterocycles. The molecule has 0 fully saturated rings. The summed E-state index contributed by atoms with van der Waals surface area (Å²) in [7, 11) is 0. The first-order chi connectivity index (χ1) is 8.15. The van der Waals surface area contributed by atoms with Crippen molar-refractivity contribution >= 4 is 15.9 Å². The van der Waals surface area contributed by atoms with Gasteiger partial charge in [-0.25, -0.2) is 4.39 Å². The number of benzene rings is 1. The number of hydrogen-bond donors (Lipinski definition) is 1. The molecule has 1 rings (SSSR count). The maximum absolute atomic E-state index is 13.3. The lowest BCUT2D eigenvalue weighted by molar-refractivity contribution is 0.618. The third-order valence-corrected chi connectivity index (χ3v) is 3.45. The summed E-state index contributed by atoms with van der Waals surface area (Å²) in [4.78, 5) is 0. The molecule has 1 N–H and O–H groups in total. The monoisotopic (exact) mass is 299 g/mol. The minimum absolute atomic E-state index is 0.192. The van der Waals surface area contributed by atoms with Crippen molar-refractivity contribution in [1.82, 2.24) is 5.32 Å². The van der Waals surface area contributed by atoms with Crippen molar-refractivity contribution < 1.29 is 4.39 Å². The molecule has 0 spiro atoms. The Bertz CT molecular complexity index is 388. The average molecular weight is 300 g/mol. The van der Waals surface area contributed by atoms with E-state index in [1.165, 1.54) is 11.6 Å². The van der Waals surface area contributed by atoms with Gasteiger partial charge in [-0.1, -0.05) is 30.7 Å². The summed E-state index contributed by atoms with van der Waals surface area (Å²) >= 11 is 3.29. The lowest BCUT2D eigenvalue weighted by Crippen LogP contribution is -2.13. The number of allylic oxidation sites excluding steroid dienone is 1. The van der Waals surface area contributed by atoms with Crippen LogP contribution in [0.1, 0.15) is 25.8 Å². The molecule has 0 heterocycles. The van der Waals surface area contributed by atoms with E-state index in [1.807, 2.05) is 6.07 Å². The van der Waals surface area contributed by atoms with E-state index in [1.54, 1.807) is 6.07 Å². The van der Waals surface area contributed by atoms with Crippen LogP contribution < -0.4 is 5.32 Å². The van der Waals surface area contributed by atoms with Crippen LogP contribution in [0, 0.1) is 5.82 Å². The fraction of sp³-hybridized carbons (Fsp3) is 0.429. The van der Waals surface area contributed by atoms with Gasteiger partial charge >= 0.3 is 0 Å². The van der Waals surface area contributed by atoms with E-state index in [4.69, 9.17) is 0 Å². The molecule has 0 unspecified atom stereocenters. The summed E-state index contributed by atoms with van der Waals surface area (Å²) in [6.07, 6.45) is 4.02. The van der Waals surface area contributed by atoms with E-state index in [0.29, 0.717) is 4.47 Å². The summed E-state index contributed by atoms with van der Waals surface area (Å²) in [6.45, 7) is 6.18. The van der Waals surface area contributed by atoms with E-state index >= 15 is 0 Å². The Morgan fingerprint density at radius 1 is 1.47 bits per heavy atom. The topological polar surface area (TPSA) is 12.0 Å². The van der Waals surface area contributed by atoms with Gasteiger partial charge in [-0.3, -0.25) is 0 Å². The molecule has 1 aromatic carbocycles. The van der Waals surface area contributed by atoms with Crippen LogP contribution in [0.3, 0.4) is 0 Å².